The monoisotopic (exact) mass is 498 g/mol. The maximum atomic E-state index is 13.1. The van der Waals surface area contributed by atoms with Crippen LogP contribution in [0.2, 0.25) is 0 Å². The van der Waals surface area contributed by atoms with Gasteiger partial charge in [-0.3, -0.25) is 10.1 Å². The zero-order chi connectivity index (χ0) is 24.1. The van der Waals surface area contributed by atoms with Crippen molar-refractivity contribution in [1.29, 1.82) is 0 Å². The minimum absolute atomic E-state index is 0.0573. The summed E-state index contributed by atoms with van der Waals surface area (Å²) in [5.41, 5.74) is 1.76. The fraction of sp³-hybridized carbons (Fsp3) is 0.167. The molecule has 0 unspecified atom stereocenters. The number of sulfone groups is 1. The summed E-state index contributed by atoms with van der Waals surface area (Å²) in [6.07, 6.45) is -0.742. The van der Waals surface area contributed by atoms with Crippen LogP contribution in [0.3, 0.4) is 0 Å². The highest BCUT2D eigenvalue weighted by Gasteiger charge is 2.29. The van der Waals surface area contributed by atoms with Gasteiger partial charge in [0.15, 0.2) is 9.84 Å². The summed E-state index contributed by atoms with van der Waals surface area (Å²) in [4.78, 5) is 25.2. The predicted octanol–water partition coefficient (Wildman–Crippen LogP) is 4.46. The van der Waals surface area contributed by atoms with E-state index in [4.69, 9.17) is 9.47 Å². The Bertz CT molecular complexity index is 1310. The number of methoxy groups -OCH3 is 1. The number of benzene rings is 3. The number of thioether (sulfide) groups is 1. The predicted molar refractivity (Wildman–Crippen MR) is 130 cm³/mol. The first-order valence-electron chi connectivity index (χ1n) is 10.3. The third kappa shape index (κ3) is 5.35. The zero-order valence-corrected chi connectivity index (χ0v) is 19.9. The van der Waals surface area contributed by atoms with Crippen LogP contribution in [0.1, 0.15) is 11.1 Å². The van der Waals surface area contributed by atoms with Crippen LogP contribution in [0.25, 0.3) is 0 Å². The Kier molecular flexibility index (Phi) is 7.09. The number of fused-ring (bicyclic) bond motifs is 1. The molecule has 34 heavy (non-hydrogen) atoms. The van der Waals surface area contributed by atoms with E-state index in [2.05, 4.69) is 10.6 Å². The molecule has 3 aromatic carbocycles. The molecule has 2 amide bonds. The molecule has 10 heteroatoms. The van der Waals surface area contributed by atoms with Crippen molar-refractivity contribution in [1.82, 2.24) is 0 Å². The van der Waals surface area contributed by atoms with Crippen LogP contribution in [0.4, 0.5) is 16.2 Å². The Balaban J connectivity index is 1.67. The first-order chi connectivity index (χ1) is 16.4. The maximum Gasteiger partial charge on any atom is 0.412 e. The normalized spacial score (nSPS) is 12.9. The second-order valence-corrected chi connectivity index (χ2v) is 10.4. The van der Waals surface area contributed by atoms with Crippen LogP contribution in [-0.4, -0.2) is 33.3 Å². The molecule has 0 spiro atoms. The van der Waals surface area contributed by atoms with Crippen LogP contribution < -0.4 is 15.4 Å². The second kappa shape index (κ2) is 10.2. The number of carbonyl (C=O) groups excluding carboxylic acids is 2. The lowest BCUT2D eigenvalue weighted by atomic mass is 10.1. The van der Waals surface area contributed by atoms with Gasteiger partial charge < -0.3 is 14.8 Å². The highest BCUT2D eigenvalue weighted by molar-refractivity contribution is 8.00. The van der Waals surface area contributed by atoms with Crippen molar-refractivity contribution < 1.29 is 27.5 Å². The summed E-state index contributed by atoms with van der Waals surface area (Å²) in [7, 11) is -2.34. The Morgan fingerprint density at radius 1 is 1.09 bits per heavy atom. The molecule has 1 aliphatic rings. The summed E-state index contributed by atoms with van der Waals surface area (Å²) in [6.45, 7) is 0.0573. The van der Waals surface area contributed by atoms with Gasteiger partial charge in [0.2, 0.25) is 5.91 Å². The molecular formula is C24H22N2O6S2. The molecule has 0 saturated carbocycles. The van der Waals surface area contributed by atoms with Gasteiger partial charge in [-0.2, -0.15) is 0 Å². The number of rotatable bonds is 7. The number of amides is 2. The molecule has 176 valence electrons. The quantitative estimate of drug-likeness (QED) is 0.495. The van der Waals surface area contributed by atoms with Crippen molar-refractivity contribution >= 4 is 45.0 Å². The Morgan fingerprint density at radius 2 is 1.76 bits per heavy atom. The Hall–Kier alpha value is -3.50. The van der Waals surface area contributed by atoms with Crippen molar-refractivity contribution in [3.63, 3.8) is 0 Å². The van der Waals surface area contributed by atoms with Gasteiger partial charge in [-0.25, -0.2) is 13.2 Å². The summed E-state index contributed by atoms with van der Waals surface area (Å²) in [6, 6.07) is 18.8. The van der Waals surface area contributed by atoms with E-state index in [-0.39, 0.29) is 40.4 Å². The van der Waals surface area contributed by atoms with Crippen LogP contribution in [0.5, 0.6) is 5.75 Å². The average molecular weight is 499 g/mol. The molecule has 0 bridgehead atoms. The van der Waals surface area contributed by atoms with Gasteiger partial charge in [-0.1, -0.05) is 48.5 Å². The van der Waals surface area contributed by atoms with E-state index in [0.717, 1.165) is 5.56 Å². The smallest absolute Gasteiger partial charge is 0.412 e. The fourth-order valence-electron chi connectivity index (χ4n) is 3.51. The zero-order valence-electron chi connectivity index (χ0n) is 18.2. The van der Waals surface area contributed by atoms with Crippen molar-refractivity contribution in [2.24, 2.45) is 0 Å². The molecule has 2 N–H and O–H groups in total. The Labute approximate surface area is 201 Å². The number of ether oxygens (including phenoxy) is 2. The van der Waals surface area contributed by atoms with E-state index in [1.165, 1.54) is 31.0 Å². The van der Waals surface area contributed by atoms with Crippen LogP contribution in [0, 0.1) is 0 Å². The van der Waals surface area contributed by atoms with E-state index in [1.807, 2.05) is 30.3 Å². The third-order valence-corrected chi connectivity index (χ3v) is 7.86. The number of hydrogen-bond donors (Lipinski definition) is 2. The molecule has 1 aliphatic heterocycles. The number of nitrogens with one attached hydrogen (secondary N) is 2. The lowest BCUT2D eigenvalue weighted by molar-refractivity contribution is -0.113. The standard InChI is InChI=1S/C24H22N2O6S2/c1-31-22-18(15-34(29,30)17-10-6-3-7-11-17)23-20(25-21(27)14-33-23)12-19(22)26-24(28)32-13-16-8-4-2-5-9-16/h2-12H,13-15H2,1H3,(H,25,27)(H,26,28). The SMILES string of the molecule is COc1c(NC(=O)OCc2ccccc2)cc2c(c1CS(=O)(=O)c1ccccc1)SCC(=O)N2. The molecule has 8 nitrogen and oxygen atoms in total. The molecule has 0 atom stereocenters. The van der Waals surface area contributed by atoms with Gasteiger partial charge in [-0.15, -0.1) is 11.8 Å². The second-order valence-electron chi connectivity index (χ2n) is 7.41. The topological polar surface area (TPSA) is 111 Å². The summed E-state index contributed by atoms with van der Waals surface area (Å²) in [5, 5.41) is 5.37. The lowest BCUT2D eigenvalue weighted by Crippen LogP contribution is -2.22. The average Bonchev–Trinajstić information content (AvgIpc) is 2.84. The molecule has 4 rings (SSSR count). The first kappa shape index (κ1) is 23.7. The van der Waals surface area contributed by atoms with Crippen molar-refractivity contribution in [2.45, 2.75) is 22.2 Å². The van der Waals surface area contributed by atoms with Crippen molar-refractivity contribution in [3.05, 3.63) is 77.9 Å². The summed E-state index contributed by atoms with van der Waals surface area (Å²) >= 11 is 1.22. The maximum absolute atomic E-state index is 13.1. The highest BCUT2D eigenvalue weighted by Crippen LogP contribution is 2.45. The number of hydrogen-bond acceptors (Lipinski definition) is 7. The summed E-state index contributed by atoms with van der Waals surface area (Å²) < 4.78 is 37.1. The molecule has 1 heterocycles. The van der Waals surface area contributed by atoms with Crippen molar-refractivity contribution in [3.8, 4) is 5.75 Å². The molecule has 0 aliphatic carbocycles. The lowest BCUT2D eigenvalue weighted by Gasteiger charge is -2.24. The van der Waals surface area contributed by atoms with Crippen LogP contribution >= 0.6 is 11.8 Å². The van der Waals surface area contributed by atoms with Crippen LogP contribution in [-0.2, 0) is 31.7 Å². The van der Waals surface area contributed by atoms with Gasteiger partial charge >= 0.3 is 6.09 Å². The van der Waals surface area contributed by atoms with E-state index in [1.54, 1.807) is 24.3 Å². The third-order valence-electron chi connectivity index (χ3n) is 5.04. The molecule has 0 saturated heterocycles. The fourth-order valence-corrected chi connectivity index (χ4v) is 5.95. The first-order valence-corrected chi connectivity index (χ1v) is 12.9. The largest absolute Gasteiger partial charge is 0.494 e. The number of anilines is 2. The van der Waals surface area contributed by atoms with Crippen LogP contribution in [0.15, 0.2) is 76.5 Å². The van der Waals surface area contributed by atoms with Gasteiger partial charge in [-0.05, 0) is 23.8 Å². The molecule has 3 aromatic rings. The molecule has 0 radical (unpaired) electrons. The molecular weight excluding hydrogens is 476 g/mol. The molecule has 0 fully saturated rings. The van der Waals surface area contributed by atoms with Gasteiger partial charge in [0.05, 0.1) is 34.9 Å². The van der Waals surface area contributed by atoms with Gasteiger partial charge in [0.1, 0.15) is 12.4 Å². The Morgan fingerprint density at radius 3 is 2.44 bits per heavy atom. The molecule has 0 aromatic heterocycles. The van der Waals surface area contributed by atoms with E-state index in [0.29, 0.717) is 16.1 Å². The van der Waals surface area contributed by atoms with Gasteiger partial charge in [0, 0.05) is 10.5 Å². The highest BCUT2D eigenvalue weighted by atomic mass is 32.2. The van der Waals surface area contributed by atoms with E-state index >= 15 is 0 Å². The minimum Gasteiger partial charge on any atom is -0.494 e. The van der Waals surface area contributed by atoms with E-state index < -0.39 is 15.9 Å². The summed E-state index contributed by atoms with van der Waals surface area (Å²) in [5.74, 6) is -0.267. The van der Waals surface area contributed by atoms with Crippen molar-refractivity contribution in [2.75, 3.05) is 23.5 Å². The number of carbonyl (C=O) groups is 2. The minimum atomic E-state index is -3.73. The van der Waals surface area contributed by atoms with E-state index in [9.17, 15) is 18.0 Å². The van der Waals surface area contributed by atoms with Gasteiger partial charge in [0.25, 0.3) is 0 Å².